The summed E-state index contributed by atoms with van der Waals surface area (Å²) < 4.78 is 1.84. The lowest BCUT2D eigenvalue weighted by molar-refractivity contribution is 0.102. The van der Waals surface area contributed by atoms with Crippen molar-refractivity contribution in [1.29, 1.82) is 0 Å². The van der Waals surface area contributed by atoms with Crippen molar-refractivity contribution in [2.45, 2.75) is 34.1 Å². The fourth-order valence-electron chi connectivity index (χ4n) is 2.91. The maximum absolute atomic E-state index is 12.7. The number of nitrogens with one attached hydrogen (secondary N) is 1. The summed E-state index contributed by atoms with van der Waals surface area (Å²) >= 11 is 0. The Morgan fingerprint density at radius 3 is 2.56 bits per heavy atom. The zero-order chi connectivity index (χ0) is 18.0. The highest BCUT2D eigenvalue weighted by Gasteiger charge is 2.16. The molecule has 0 saturated heterocycles. The molecule has 0 unspecified atom stereocenters. The summed E-state index contributed by atoms with van der Waals surface area (Å²) in [4.78, 5) is 12.7. The van der Waals surface area contributed by atoms with Gasteiger partial charge in [0.25, 0.3) is 5.91 Å². The van der Waals surface area contributed by atoms with Crippen molar-refractivity contribution in [2.24, 2.45) is 0 Å². The van der Waals surface area contributed by atoms with Crippen LogP contribution in [-0.4, -0.2) is 15.7 Å². The molecule has 0 spiro atoms. The topological polar surface area (TPSA) is 46.9 Å². The van der Waals surface area contributed by atoms with Gasteiger partial charge in [-0.3, -0.25) is 4.79 Å². The number of carbonyl (C=O) groups is 1. The van der Waals surface area contributed by atoms with Crippen molar-refractivity contribution in [1.82, 2.24) is 9.78 Å². The van der Waals surface area contributed by atoms with Crippen LogP contribution >= 0.6 is 0 Å². The average molecular weight is 333 g/mol. The zero-order valence-electron chi connectivity index (χ0n) is 15.1. The quantitative estimate of drug-likeness (QED) is 0.758. The normalized spacial score (nSPS) is 10.7. The maximum atomic E-state index is 12.7. The summed E-state index contributed by atoms with van der Waals surface area (Å²) in [6.07, 6.45) is 2.55. The molecule has 128 valence electrons. The summed E-state index contributed by atoms with van der Waals surface area (Å²) in [7, 11) is 0. The number of anilines is 1. The molecule has 1 heterocycles. The van der Waals surface area contributed by atoms with E-state index in [4.69, 9.17) is 0 Å². The molecule has 0 aliphatic rings. The first kappa shape index (κ1) is 17.0. The van der Waals surface area contributed by atoms with E-state index in [0.717, 1.165) is 29.1 Å². The molecular weight excluding hydrogens is 310 g/mol. The number of amides is 1. The van der Waals surface area contributed by atoms with Gasteiger partial charge in [0.1, 0.15) is 0 Å². The Bertz CT molecular complexity index is 925. The highest BCUT2D eigenvalue weighted by Crippen LogP contribution is 2.20. The van der Waals surface area contributed by atoms with Crippen molar-refractivity contribution < 1.29 is 4.79 Å². The fourth-order valence-corrected chi connectivity index (χ4v) is 2.91. The number of rotatable bonds is 4. The van der Waals surface area contributed by atoms with Crippen molar-refractivity contribution in [3.05, 3.63) is 76.6 Å². The highest BCUT2D eigenvalue weighted by atomic mass is 16.1. The lowest BCUT2D eigenvalue weighted by Crippen LogP contribution is -2.13. The number of benzene rings is 2. The Labute approximate surface area is 148 Å². The number of nitrogens with zero attached hydrogens (tertiary/aromatic N) is 2. The van der Waals surface area contributed by atoms with Gasteiger partial charge in [0, 0.05) is 5.69 Å². The number of para-hydroxylation sites is 1. The molecule has 0 fully saturated rings. The van der Waals surface area contributed by atoms with Crippen LogP contribution < -0.4 is 5.32 Å². The molecule has 0 aliphatic carbocycles. The van der Waals surface area contributed by atoms with Gasteiger partial charge in [0.05, 0.1) is 23.1 Å². The SMILES string of the molecule is CCc1ccccc1-n1ncc(C(=O)Nc2ccc(C)c(C)c2)c1C. The molecule has 3 rings (SSSR count). The van der Waals surface area contributed by atoms with Crippen molar-refractivity contribution in [3.8, 4) is 5.69 Å². The van der Waals surface area contributed by atoms with Crippen molar-refractivity contribution >= 4 is 11.6 Å². The molecule has 0 aliphatic heterocycles. The van der Waals surface area contributed by atoms with Gasteiger partial charge in [-0.2, -0.15) is 5.10 Å². The highest BCUT2D eigenvalue weighted by molar-refractivity contribution is 6.05. The van der Waals surface area contributed by atoms with Gasteiger partial charge in [-0.25, -0.2) is 4.68 Å². The number of hydrogen-bond acceptors (Lipinski definition) is 2. The molecule has 1 aromatic heterocycles. The molecule has 0 atom stereocenters. The van der Waals surface area contributed by atoms with Gasteiger partial charge in [-0.05, 0) is 62.1 Å². The first-order valence-corrected chi connectivity index (χ1v) is 8.52. The van der Waals surface area contributed by atoms with Crippen LogP contribution in [0.4, 0.5) is 5.69 Å². The van der Waals surface area contributed by atoms with E-state index < -0.39 is 0 Å². The van der Waals surface area contributed by atoms with Crippen LogP contribution in [-0.2, 0) is 6.42 Å². The summed E-state index contributed by atoms with van der Waals surface area (Å²) in [5.74, 6) is -0.138. The minimum absolute atomic E-state index is 0.138. The van der Waals surface area contributed by atoms with Gasteiger partial charge in [0.2, 0.25) is 0 Å². The van der Waals surface area contributed by atoms with Gasteiger partial charge in [-0.15, -0.1) is 0 Å². The Hall–Kier alpha value is -2.88. The first-order chi connectivity index (χ1) is 12.0. The summed E-state index contributed by atoms with van der Waals surface area (Å²) in [5.41, 5.74) is 6.81. The standard InChI is InChI=1S/C21H23N3O/c1-5-17-8-6-7-9-20(17)24-16(4)19(13-22-24)21(25)23-18-11-10-14(2)15(3)12-18/h6-13H,5H2,1-4H3,(H,23,25). The van der Waals surface area contributed by atoms with E-state index in [1.165, 1.54) is 11.1 Å². The van der Waals surface area contributed by atoms with Crippen LogP contribution in [0.2, 0.25) is 0 Å². The predicted molar refractivity (Wildman–Crippen MR) is 102 cm³/mol. The molecular formula is C21H23N3O. The first-order valence-electron chi connectivity index (χ1n) is 8.52. The van der Waals surface area contributed by atoms with Crippen LogP contribution in [0.1, 0.15) is 39.7 Å². The van der Waals surface area contributed by atoms with Crippen LogP contribution in [0.3, 0.4) is 0 Å². The lowest BCUT2D eigenvalue weighted by atomic mass is 10.1. The summed E-state index contributed by atoms with van der Waals surface area (Å²) in [6, 6.07) is 14.1. The third-order valence-corrected chi connectivity index (χ3v) is 4.62. The average Bonchev–Trinajstić information content (AvgIpc) is 2.99. The van der Waals surface area contributed by atoms with Crippen LogP contribution in [0, 0.1) is 20.8 Å². The van der Waals surface area contributed by atoms with Gasteiger partial charge in [-0.1, -0.05) is 31.2 Å². The Kier molecular flexibility index (Phi) is 4.70. The van der Waals surface area contributed by atoms with Gasteiger partial charge >= 0.3 is 0 Å². The summed E-state index contributed by atoms with van der Waals surface area (Å²) in [5, 5.41) is 7.41. The minimum Gasteiger partial charge on any atom is -0.322 e. The number of hydrogen-bond donors (Lipinski definition) is 1. The molecule has 25 heavy (non-hydrogen) atoms. The largest absolute Gasteiger partial charge is 0.322 e. The fraction of sp³-hybridized carbons (Fsp3) is 0.238. The Balaban J connectivity index is 1.90. The number of aromatic nitrogens is 2. The predicted octanol–water partition coefficient (Wildman–Crippen LogP) is 4.61. The molecule has 3 aromatic rings. The van der Waals surface area contributed by atoms with Gasteiger partial charge < -0.3 is 5.32 Å². The molecule has 2 aromatic carbocycles. The van der Waals surface area contributed by atoms with E-state index in [1.54, 1.807) is 6.20 Å². The smallest absolute Gasteiger partial charge is 0.259 e. The molecule has 4 nitrogen and oxygen atoms in total. The molecule has 1 N–H and O–H groups in total. The minimum atomic E-state index is -0.138. The van der Waals surface area contributed by atoms with E-state index in [0.29, 0.717) is 5.56 Å². The number of aryl methyl sites for hydroxylation is 3. The van der Waals surface area contributed by atoms with E-state index in [9.17, 15) is 4.79 Å². The molecule has 4 heteroatoms. The van der Waals surface area contributed by atoms with Gasteiger partial charge in [0.15, 0.2) is 0 Å². The Morgan fingerprint density at radius 1 is 1.08 bits per heavy atom. The van der Waals surface area contributed by atoms with E-state index in [1.807, 2.05) is 54.9 Å². The maximum Gasteiger partial charge on any atom is 0.259 e. The molecule has 0 saturated carbocycles. The molecule has 0 radical (unpaired) electrons. The Morgan fingerprint density at radius 2 is 1.84 bits per heavy atom. The lowest BCUT2D eigenvalue weighted by Gasteiger charge is -2.10. The molecule has 0 bridgehead atoms. The van der Waals surface area contributed by atoms with E-state index in [-0.39, 0.29) is 5.91 Å². The van der Waals surface area contributed by atoms with Crippen LogP contribution in [0.5, 0.6) is 0 Å². The van der Waals surface area contributed by atoms with E-state index in [2.05, 4.69) is 30.3 Å². The number of carbonyl (C=O) groups excluding carboxylic acids is 1. The van der Waals surface area contributed by atoms with Crippen molar-refractivity contribution in [2.75, 3.05) is 5.32 Å². The van der Waals surface area contributed by atoms with Crippen LogP contribution in [0.25, 0.3) is 5.69 Å². The molecule has 1 amide bonds. The summed E-state index contributed by atoms with van der Waals surface area (Å²) in [6.45, 7) is 8.13. The third kappa shape index (κ3) is 3.33. The third-order valence-electron chi connectivity index (χ3n) is 4.62. The van der Waals surface area contributed by atoms with Crippen LogP contribution in [0.15, 0.2) is 48.7 Å². The van der Waals surface area contributed by atoms with E-state index >= 15 is 0 Å². The second-order valence-electron chi connectivity index (χ2n) is 6.29. The van der Waals surface area contributed by atoms with Crippen molar-refractivity contribution in [3.63, 3.8) is 0 Å². The second-order valence-corrected chi connectivity index (χ2v) is 6.29. The monoisotopic (exact) mass is 333 g/mol. The zero-order valence-corrected chi connectivity index (χ0v) is 15.1. The second kappa shape index (κ2) is 6.93.